The van der Waals surface area contributed by atoms with Crippen molar-refractivity contribution >= 4 is 29.2 Å². The number of carboxylic acids is 1. The van der Waals surface area contributed by atoms with Crippen LogP contribution in [0.2, 0.25) is 5.02 Å². The molecule has 1 heterocycles. The van der Waals surface area contributed by atoms with Gasteiger partial charge in [0.05, 0.1) is 21.7 Å². The normalized spacial score (nSPS) is 21.7. The fourth-order valence-electron chi connectivity index (χ4n) is 2.40. The van der Waals surface area contributed by atoms with Gasteiger partial charge in [-0.2, -0.15) is 0 Å². The zero-order chi connectivity index (χ0) is 14.8. The van der Waals surface area contributed by atoms with Crippen LogP contribution >= 0.6 is 11.6 Å². The highest BCUT2D eigenvalue weighted by atomic mass is 35.5. The summed E-state index contributed by atoms with van der Waals surface area (Å²) in [6, 6.07) is 4.29. The predicted molar refractivity (Wildman–Crippen MR) is 77.3 cm³/mol. The third-order valence-corrected chi connectivity index (χ3v) is 4.18. The van der Waals surface area contributed by atoms with E-state index >= 15 is 0 Å². The van der Waals surface area contributed by atoms with Gasteiger partial charge in [-0.3, -0.25) is 4.79 Å². The summed E-state index contributed by atoms with van der Waals surface area (Å²) in [5, 5.41) is 15.1. The summed E-state index contributed by atoms with van der Waals surface area (Å²) < 4.78 is 0. The van der Waals surface area contributed by atoms with Gasteiger partial charge in [0.2, 0.25) is 5.91 Å². The zero-order valence-corrected chi connectivity index (χ0v) is 12.0. The van der Waals surface area contributed by atoms with Crippen LogP contribution in [-0.2, 0) is 4.79 Å². The zero-order valence-electron chi connectivity index (χ0n) is 11.2. The summed E-state index contributed by atoms with van der Waals surface area (Å²) in [7, 11) is 0. The molecule has 1 fully saturated rings. The molecule has 1 atom stereocenters. The molecule has 1 saturated heterocycles. The van der Waals surface area contributed by atoms with Crippen molar-refractivity contribution in [2.24, 2.45) is 5.41 Å². The predicted octanol–water partition coefficient (Wildman–Crippen LogP) is 2.37. The fourth-order valence-corrected chi connectivity index (χ4v) is 2.63. The van der Waals surface area contributed by atoms with Crippen molar-refractivity contribution in [3.8, 4) is 0 Å². The molecule has 1 aromatic rings. The van der Waals surface area contributed by atoms with Crippen molar-refractivity contribution in [3.05, 3.63) is 28.8 Å². The van der Waals surface area contributed by atoms with Crippen LogP contribution in [-0.4, -0.2) is 30.1 Å². The Bertz CT molecular complexity index is 539. The lowest BCUT2D eigenvalue weighted by Gasteiger charge is -2.25. The Morgan fingerprint density at radius 2 is 2.25 bits per heavy atom. The number of benzene rings is 1. The number of carbonyl (C=O) groups excluding carboxylic acids is 1. The topological polar surface area (TPSA) is 78.4 Å². The Morgan fingerprint density at radius 1 is 1.50 bits per heavy atom. The Labute approximate surface area is 122 Å². The minimum atomic E-state index is -1.05. The summed E-state index contributed by atoms with van der Waals surface area (Å²) in [5.41, 5.74) is 0.136. The van der Waals surface area contributed by atoms with Crippen LogP contribution < -0.4 is 10.6 Å². The number of anilines is 1. The largest absolute Gasteiger partial charge is 0.478 e. The highest BCUT2D eigenvalue weighted by Crippen LogP contribution is 2.32. The average Bonchev–Trinajstić information content (AvgIpc) is 2.90. The van der Waals surface area contributed by atoms with Crippen LogP contribution in [0.1, 0.15) is 30.1 Å². The molecule has 108 valence electrons. The smallest absolute Gasteiger partial charge is 0.335 e. The molecule has 1 unspecified atom stereocenters. The second-order valence-electron chi connectivity index (χ2n) is 5.01. The van der Waals surface area contributed by atoms with E-state index in [2.05, 4.69) is 10.6 Å². The van der Waals surface area contributed by atoms with Crippen molar-refractivity contribution < 1.29 is 14.7 Å². The number of hydrogen-bond acceptors (Lipinski definition) is 3. The first-order chi connectivity index (χ1) is 9.48. The van der Waals surface area contributed by atoms with Crippen molar-refractivity contribution in [1.29, 1.82) is 0 Å². The van der Waals surface area contributed by atoms with E-state index in [1.54, 1.807) is 0 Å². The first kappa shape index (κ1) is 14.8. The van der Waals surface area contributed by atoms with Crippen LogP contribution in [0.25, 0.3) is 0 Å². The number of nitrogens with one attached hydrogen (secondary N) is 2. The van der Waals surface area contributed by atoms with E-state index < -0.39 is 11.4 Å². The molecular formula is C14H17ClN2O3. The Morgan fingerprint density at radius 3 is 2.75 bits per heavy atom. The first-order valence-electron chi connectivity index (χ1n) is 6.53. The highest BCUT2D eigenvalue weighted by molar-refractivity contribution is 6.34. The minimum absolute atomic E-state index is 0.0741. The Kier molecular flexibility index (Phi) is 4.30. The quantitative estimate of drug-likeness (QED) is 0.797. The molecule has 1 amide bonds. The van der Waals surface area contributed by atoms with Gasteiger partial charge >= 0.3 is 5.97 Å². The van der Waals surface area contributed by atoms with E-state index in [0.29, 0.717) is 12.2 Å². The molecule has 0 spiro atoms. The SMILES string of the molecule is CCC1(C(=O)Nc2ccc(C(=O)O)cc2Cl)CCNC1. The lowest BCUT2D eigenvalue weighted by molar-refractivity contribution is -0.124. The maximum Gasteiger partial charge on any atom is 0.335 e. The van der Waals surface area contributed by atoms with Crippen LogP contribution in [0.3, 0.4) is 0 Å². The van der Waals surface area contributed by atoms with Crippen LogP contribution in [0.15, 0.2) is 18.2 Å². The van der Waals surface area contributed by atoms with Crippen LogP contribution in [0, 0.1) is 5.41 Å². The number of halogens is 1. The summed E-state index contributed by atoms with van der Waals surface area (Å²) >= 11 is 6.02. The first-order valence-corrected chi connectivity index (χ1v) is 6.91. The van der Waals surface area contributed by atoms with Gasteiger partial charge in [0.25, 0.3) is 0 Å². The van der Waals surface area contributed by atoms with E-state index in [1.807, 2.05) is 6.92 Å². The summed E-state index contributed by atoms with van der Waals surface area (Å²) in [6.07, 6.45) is 1.54. The maximum absolute atomic E-state index is 12.4. The van der Waals surface area contributed by atoms with Gasteiger partial charge in [-0.15, -0.1) is 0 Å². The van der Waals surface area contributed by atoms with E-state index in [4.69, 9.17) is 16.7 Å². The molecule has 2 rings (SSSR count). The molecule has 5 nitrogen and oxygen atoms in total. The van der Waals surface area contributed by atoms with Gasteiger partial charge < -0.3 is 15.7 Å². The molecule has 6 heteroatoms. The monoisotopic (exact) mass is 296 g/mol. The van der Waals surface area contributed by atoms with Gasteiger partial charge in [0.1, 0.15) is 0 Å². The molecule has 0 bridgehead atoms. The van der Waals surface area contributed by atoms with Crippen molar-refractivity contribution in [2.45, 2.75) is 19.8 Å². The Hall–Kier alpha value is -1.59. The van der Waals surface area contributed by atoms with E-state index in [9.17, 15) is 9.59 Å². The second-order valence-corrected chi connectivity index (χ2v) is 5.42. The van der Waals surface area contributed by atoms with Crippen LogP contribution in [0.5, 0.6) is 0 Å². The van der Waals surface area contributed by atoms with Crippen molar-refractivity contribution in [3.63, 3.8) is 0 Å². The van der Waals surface area contributed by atoms with Gasteiger partial charge in [-0.05, 0) is 37.6 Å². The van der Waals surface area contributed by atoms with Crippen molar-refractivity contribution in [1.82, 2.24) is 5.32 Å². The van der Waals surface area contributed by atoms with Gasteiger partial charge in [-0.1, -0.05) is 18.5 Å². The summed E-state index contributed by atoms with van der Waals surface area (Å²) in [4.78, 5) is 23.3. The molecule has 1 aliphatic heterocycles. The maximum atomic E-state index is 12.4. The lowest BCUT2D eigenvalue weighted by Crippen LogP contribution is -2.37. The molecule has 20 heavy (non-hydrogen) atoms. The molecule has 0 saturated carbocycles. The minimum Gasteiger partial charge on any atom is -0.478 e. The molecule has 0 aliphatic carbocycles. The molecule has 3 N–H and O–H groups in total. The van der Waals surface area contributed by atoms with Gasteiger partial charge in [-0.25, -0.2) is 4.79 Å². The third kappa shape index (κ3) is 2.78. The molecular weight excluding hydrogens is 280 g/mol. The number of amides is 1. The number of carbonyl (C=O) groups is 2. The highest BCUT2D eigenvalue weighted by Gasteiger charge is 2.39. The number of hydrogen-bond donors (Lipinski definition) is 3. The standard InChI is InChI=1S/C14H17ClN2O3/c1-2-14(5-6-16-8-14)13(20)17-11-4-3-9(12(18)19)7-10(11)15/h3-4,7,16H,2,5-6,8H2,1H3,(H,17,20)(H,18,19). The summed E-state index contributed by atoms with van der Waals surface area (Å²) in [6.45, 7) is 3.47. The lowest BCUT2D eigenvalue weighted by atomic mass is 9.83. The van der Waals surface area contributed by atoms with Gasteiger partial charge in [0.15, 0.2) is 0 Å². The van der Waals surface area contributed by atoms with Crippen LogP contribution in [0.4, 0.5) is 5.69 Å². The third-order valence-electron chi connectivity index (χ3n) is 3.87. The van der Waals surface area contributed by atoms with E-state index in [0.717, 1.165) is 19.4 Å². The van der Waals surface area contributed by atoms with E-state index in [-0.39, 0.29) is 16.5 Å². The second kappa shape index (κ2) is 5.81. The molecule has 1 aliphatic rings. The van der Waals surface area contributed by atoms with E-state index in [1.165, 1.54) is 18.2 Å². The molecule has 0 radical (unpaired) electrons. The molecule has 0 aromatic heterocycles. The fraction of sp³-hybridized carbons (Fsp3) is 0.429. The van der Waals surface area contributed by atoms with Crippen molar-refractivity contribution in [2.75, 3.05) is 18.4 Å². The number of aromatic carboxylic acids is 1. The van der Waals surface area contributed by atoms with Gasteiger partial charge in [0, 0.05) is 6.54 Å². The number of rotatable bonds is 4. The summed E-state index contributed by atoms with van der Waals surface area (Å²) in [5.74, 6) is -1.12. The Balaban J connectivity index is 2.17. The molecule has 1 aromatic carbocycles. The number of carboxylic acid groups (broad SMARTS) is 1. The average molecular weight is 297 g/mol.